The van der Waals surface area contributed by atoms with Crippen LogP contribution in [0.3, 0.4) is 0 Å². The van der Waals surface area contributed by atoms with Crippen molar-refractivity contribution < 1.29 is 8.42 Å². The summed E-state index contributed by atoms with van der Waals surface area (Å²) in [6, 6.07) is 2.03. The fourth-order valence-electron chi connectivity index (χ4n) is 1.84. The number of nitrogens with zero attached hydrogens (tertiary/aromatic N) is 4. The maximum Gasteiger partial charge on any atom is 0.211 e. The van der Waals surface area contributed by atoms with Crippen LogP contribution in [0.15, 0.2) is 0 Å². The van der Waals surface area contributed by atoms with Gasteiger partial charge in [-0.3, -0.25) is 0 Å². The highest BCUT2D eigenvalue weighted by atomic mass is 32.2. The van der Waals surface area contributed by atoms with Gasteiger partial charge in [-0.05, 0) is 11.5 Å². The highest BCUT2D eigenvalue weighted by molar-refractivity contribution is 7.88. The van der Waals surface area contributed by atoms with Crippen LogP contribution in [0.25, 0.3) is 0 Å². The third kappa shape index (κ3) is 2.40. The van der Waals surface area contributed by atoms with Gasteiger partial charge in [0.1, 0.15) is 16.6 Å². The van der Waals surface area contributed by atoms with Crippen LogP contribution in [0.4, 0.5) is 10.8 Å². The molecule has 1 aliphatic heterocycles. The van der Waals surface area contributed by atoms with E-state index in [4.69, 9.17) is 11.0 Å². The summed E-state index contributed by atoms with van der Waals surface area (Å²) >= 11 is 1.18. The molecule has 2 rings (SSSR count). The van der Waals surface area contributed by atoms with Crippen LogP contribution in [0.5, 0.6) is 0 Å². The van der Waals surface area contributed by atoms with Gasteiger partial charge in [-0.25, -0.2) is 8.42 Å². The molecule has 0 bridgehead atoms. The van der Waals surface area contributed by atoms with Gasteiger partial charge in [0.15, 0.2) is 5.82 Å². The minimum atomic E-state index is -3.14. The van der Waals surface area contributed by atoms with Crippen molar-refractivity contribution in [2.45, 2.75) is 0 Å². The molecule has 0 atom stereocenters. The fraction of sp³-hybridized carbons (Fsp3) is 0.556. The lowest BCUT2D eigenvalue weighted by molar-refractivity contribution is 0.389. The number of rotatable bonds is 2. The lowest BCUT2D eigenvalue weighted by Gasteiger charge is -2.33. The molecule has 2 N–H and O–H groups in total. The number of hydrogen-bond acceptors (Lipinski definition) is 7. The van der Waals surface area contributed by atoms with Gasteiger partial charge in [0.05, 0.1) is 6.26 Å². The molecule has 1 aromatic heterocycles. The molecule has 0 aromatic carbocycles. The molecule has 18 heavy (non-hydrogen) atoms. The summed E-state index contributed by atoms with van der Waals surface area (Å²) in [6.07, 6.45) is 1.20. The number of anilines is 2. The van der Waals surface area contributed by atoms with Crippen molar-refractivity contribution >= 4 is 32.4 Å². The van der Waals surface area contributed by atoms with E-state index in [1.807, 2.05) is 11.0 Å². The van der Waals surface area contributed by atoms with Crippen molar-refractivity contribution in [2.24, 2.45) is 0 Å². The number of nitriles is 1. The molecular weight excluding hydrogens is 274 g/mol. The van der Waals surface area contributed by atoms with Crippen molar-refractivity contribution in [1.29, 1.82) is 5.26 Å². The van der Waals surface area contributed by atoms with Gasteiger partial charge < -0.3 is 10.6 Å². The van der Waals surface area contributed by atoms with E-state index < -0.39 is 10.0 Å². The maximum absolute atomic E-state index is 11.4. The van der Waals surface area contributed by atoms with E-state index in [0.717, 1.165) is 5.00 Å². The first-order chi connectivity index (χ1) is 8.43. The minimum Gasteiger partial charge on any atom is -0.382 e. The summed E-state index contributed by atoms with van der Waals surface area (Å²) in [5, 5.41) is 9.73. The predicted octanol–water partition coefficient (Wildman–Crippen LogP) is -0.321. The Balaban J connectivity index is 2.13. The second-order valence-corrected chi connectivity index (χ2v) is 6.74. The molecule has 0 aliphatic carbocycles. The van der Waals surface area contributed by atoms with Gasteiger partial charge in [-0.1, -0.05) is 0 Å². The van der Waals surface area contributed by atoms with E-state index >= 15 is 0 Å². The van der Waals surface area contributed by atoms with Crippen molar-refractivity contribution in [3.8, 4) is 6.07 Å². The third-order valence-electron chi connectivity index (χ3n) is 2.81. The first-order valence-corrected chi connectivity index (χ1v) is 7.91. The molecule has 1 fully saturated rings. The number of hydrogen-bond donors (Lipinski definition) is 1. The summed E-state index contributed by atoms with van der Waals surface area (Å²) in [6.45, 7) is 1.93. The molecule has 0 amide bonds. The topological polar surface area (TPSA) is 103 Å². The van der Waals surface area contributed by atoms with E-state index in [1.54, 1.807) is 0 Å². The summed E-state index contributed by atoms with van der Waals surface area (Å²) in [4.78, 5) is 1.95. The summed E-state index contributed by atoms with van der Waals surface area (Å²) in [7, 11) is -3.14. The Morgan fingerprint density at radius 1 is 1.39 bits per heavy atom. The average molecular weight is 287 g/mol. The Labute approximate surface area is 110 Å². The second kappa shape index (κ2) is 4.72. The van der Waals surface area contributed by atoms with Gasteiger partial charge >= 0.3 is 0 Å². The smallest absolute Gasteiger partial charge is 0.211 e. The van der Waals surface area contributed by atoms with E-state index in [-0.39, 0.29) is 5.82 Å². The largest absolute Gasteiger partial charge is 0.382 e. The zero-order chi connectivity index (χ0) is 13.3. The lowest BCUT2D eigenvalue weighted by Crippen LogP contribution is -2.48. The van der Waals surface area contributed by atoms with Crippen LogP contribution in [-0.4, -0.2) is 49.5 Å². The number of sulfonamides is 1. The molecule has 1 aliphatic rings. The Morgan fingerprint density at radius 3 is 2.50 bits per heavy atom. The Kier molecular flexibility index (Phi) is 3.43. The monoisotopic (exact) mass is 287 g/mol. The van der Waals surface area contributed by atoms with Gasteiger partial charge in [-0.15, -0.1) is 0 Å². The minimum absolute atomic E-state index is 0.239. The fourth-order valence-corrected chi connectivity index (χ4v) is 3.48. The zero-order valence-electron chi connectivity index (χ0n) is 9.83. The Bertz CT molecular complexity index is 581. The molecule has 9 heteroatoms. The van der Waals surface area contributed by atoms with E-state index in [2.05, 4.69) is 4.37 Å². The molecular formula is C9H13N5O2S2. The predicted molar refractivity (Wildman–Crippen MR) is 69.9 cm³/mol. The van der Waals surface area contributed by atoms with Crippen LogP contribution in [0.2, 0.25) is 0 Å². The molecule has 98 valence electrons. The van der Waals surface area contributed by atoms with Crippen molar-refractivity contribution in [2.75, 3.05) is 43.1 Å². The van der Waals surface area contributed by atoms with Gasteiger partial charge in [0.25, 0.3) is 0 Å². The molecule has 0 saturated carbocycles. The Hall–Kier alpha value is -1.37. The third-order valence-corrected chi connectivity index (χ3v) is 5.03. The quantitative estimate of drug-likeness (QED) is 0.799. The van der Waals surface area contributed by atoms with Crippen LogP contribution in [-0.2, 0) is 10.0 Å². The van der Waals surface area contributed by atoms with Crippen molar-refractivity contribution in [3.63, 3.8) is 0 Å². The Morgan fingerprint density at radius 2 is 2.00 bits per heavy atom. The van der Waals surface area contributed by atoms with E-state index in [1.165, 1.54) is 22.1 Å². The summed E-state index contributed by atoms with van der Waals surface area (Å²) in [5.74, 6) is 0.239. The first kappa shape index (κ1) is 13.1. The van der Waals surface area contributed by atoms with Gasteiger partial charge in [0.2, 0.25) is 10.0 Å². The molecule has 0 radical (unpaired) electrons. The van der Waals surface area contributed by atoms with E-state index in [0.29, 0.717) is 31.7 Å². The van der Waals surface area contributed by atoms with Crippen LogP contribution < -0.4 is 10.6 Å². The molecule has 1 saturated heterocycles. The van der Waals surface area contributed by atoms with Crippen molar-refractivity contribution in [3.05, 3.63) is 5.56 Å². The lowest BCUT2D eigenvalue weighted by atomic mass is 10.3. The normalized spacial score (nSPS) is 17.7. The number of aromatic nitrogens is 1. The zero-order valence-corrected chi connectivity index (χ0v) is 11.5. The standard InChI is InChI=1S/C9H13N5O2S2/c1-18(15,16)14-4-2-13(3-5-14)9-7(6-10)8(11)12-17-9/h2-5H2,1H3,(H2,11,12). The number of piperazine rings is 1. The molecule has 0 spiro atoms. The van der Waals surface area contributed by atoms with Crippen LogP contribution in [0, 0.1) is 11.3 Å². The number of nitrogen functional groups attached to an aromatic ring is 1. The SMILES string of the molecule is CS(=O)(=O)N1CCN(c2snc(N)c2C#N)CC1. The number of nitrogens with two attached hydrogens (primary N) is 1. The van der Waals surface area contributed by atoms with Crippen LogP contribution in [0.1, 0.15) is 5.56 Å². The van der Waals surface area contributed by atoms with E-state index in [9.17, 15) is 8.42 Å². The summed E-state index contributed by atoms with van der Waals surface area (Å²) < 4.78 is 28.1. The molecule has 0 unspecified atom stereocenters. The van der Waals surface area contributed by atoms with Crippen LogP contribution >= 0.6 is 11.5 Å². The highest BCUT2D eigenvalue weighted by Gasteiger charge is 2.26. The maximum atomic E-state index is 11.4. The average Bonchev–Trinajstić information content (AvgIpc) is 2.69. The van der Waals surface area contributed by atoms with Crippen molar-refractivity contribution in [1.82, 2.24) is 8.68 Å². The summed E-state index contributed by atoms with van der Waals surface area (Å²) in [5.41, 5.74) is 5.98. The second-order valence-electron chi connectivity index (χ2n) is 4.01. The van der Waals surface area contributed by atoms with Gasteiger partial charge in [-0.2, -0.15) is 13.9 Å². The molecule has 2 heterocycles. The molecule has 7 nitrogen and oxygen atoms in total. The highest BCUT2D eigenvalue weighted by Crippen LogP contribution is 2.30. The van der Waals surface area contributed by atoms with Gasteiger partial charge in [0, 0.05) is 26.2 Å². The first-order valence-electron chi connectivity index (χ1n) is 5.29. The molecule has 1 aromatic rings.